The lowest BCUT2D eigenvalue weighted by molar-refractivity contribution is -0.142. The number of pyridine rings is 4. The van der Waals surface area contributed by atoms with Crippen LogP contribution < -0.4 is 20.1 Å². The van der Waals surface area contributed by atoms with Gasteiger partial charge in [-0.05, 0) is 91.0 Å². The summed E-state index contributed by atoms with van der Waals surface area (Å²) in [5, 5.41) is 6.13. The molecule has 62 heavy (non-hydrogen) atoms. The molecule has 2 N–H and O–H groups in total. The second-order valence-electron chi connectivity index (χ2n) is 17.4. The summed E-state index contributed by atoms with van der Waals surface area (Å²) in [6, 6.07) is 11.8. The number of nitrogens with zero attached hydrogens (tertiary/aromatic N) is 6. The van der Waals surface area contributed by atoms with E-state index in [2.05, 4.69) is 30.6 Å². The Balaban J connectivity index is 0.000000234. The maximum absolute atomic E-state index is 13.0. The van der Waals surface area contributed by atoms with E-state index >= 15 is 0 Å². The molecule has 4 aromatic rings. The van der Waals surface area contributed by atoms with Crippen LogP contribution in [0.1, 0.15) is 73.2 Å². The Kier molecular flexibility index (Phi) is 14.9. The van der Waals surface area contributed by atoms with Crippen LogP contribution >= 0.6 is 0 Å². The number of rotatable bonds is 12. The highest BCUT2D eigenvalue weighted by Gasteiger charge is 2.40. The van der Waals surface area contributed by atoms with Gasteiger partial charge in [0.15, 0.2) is 0 Å². The van der Waals surface area contributed by atoms with Crippen molar-refractivity contribution in [1.82, 2.24) is 40.4 Å². The van der Waals surface area contributed by atoms with Crippen molar-refractivity contribution in [2.75, 3.05) is 53.5 Å². The van der Waals surface area contributed by atoms with E-state index < -0.39 is 34.6 Å². The molecule has 2 aliphatic heterocycles. The normalized spacial score (nSPS) is 20.0. The second kappa shape index (κ2) is 19.4. The largest absolute Gasteiger partial charge is 0.476 e. The van der Waals surface area contributed by atoms with E-state index in [0.717, 1.165) is 23.3 Å². The molecule has 4 atom stereocenters. The lowest BCUT2D eigenvalue weighted by atomic mass is 9.90. The first-order chi connectivity index (χ1) is 28.9. The van der Waals surface area contributed by atoms with Crippen LogP contribution in [0.15, 0.2) is 73.3 Å². The third-order valence-electron chi connectivity index (χ3n) is 10.9. The Morgan fingerprint density at radius 1 is 0.613 bits per heavy atom. The number of aryl methyl sites for hydroxylation is 2. The summed E-state index contributed by atoms with van der Waals surface area (Å²) >= 11 is 0. The highest BCUT2D eigenvalue weighted by Crippen LogP contribution is 2.33. The monoisotopic (exact) mass is 872 g/mol. The van der Waals surface area contributed by atoms with Crippen LogP contribution in [0.3, 0.4) is 0 Å². The maximum Gasteiger partial charge on any atom is 0.433 e. The predicted molar refractivity (Wildman–Crippen MR) is 219 cm³/mol. The Morgan fingerprint density at radius 3 is 1.29 bits per heavy atom. The number of ether oxygens (including phenoxy) is 2. The fourth-order valence-corrected chi connectivity index (χ4v) is 7.15. The first kappa shape index (κ1) is 47.7. The molecule has 0 bridgehead atoms. The molecule has 0 saturated carbocycles. The van der Waals surface area contributed by atoms with E-state index in [1.54, 1.807) is 40.1 Å². The number of likely N-dealkylation sites (N-methyl/N-ethyl adjacent to an activating group) is 2. The van der Waals surface area contributed by atoms with Gasteiger partial charge in [0.25, 0.3) is 0 Å². The minimum Gasteiger partial charge on any atom is -0.476 e. The van der Waals surface area contributed by atoms with Crippen LogP contribution in [-0.4, -0.2) is 107 Å². The molecule has 2 amide bonds. The maximum atomic E-state index is 13.0. The molecule has 6 heterocycles. The van der Waals surface area contributed by atoms with Crippen LogP contribution in [0.5, 0.6) is 11.8 Å². The fourth-order valence-electron chi connectivity index (χ4n) is 7.15. The average Bonchev–Trinajstić information content (AvgIpc) is 3.77. The van der Waals surface area contributed by atoms with Crippen LogP contribution in [0.2, 0.25) is 0 Å². The van der Waals surface area contributed by atoms with Gasteiger partial charge in [-0.3, -0.25) is 19.6 Å². The second-order valence-corrected chi connectivity index (χ2v) is 17.4. The first-order valence-corrected chi connectivity index (χ1v) is 20.1. The van der Waals surface area contributed by atoms with Gasteiger partial charge in [0.2, 0.25) is 23.6 Å². The highest BCUT2D eigenvalue weighted by molar-refractivity contribution is 5.83. The molecule has 2 fully saturated rings. The van der Waals surface area contributed by atoms with Crippen LogP contribution in [-0.2, 0) is 21.9 Å². The van der Waals surface area contributed by atoms with Crippen molar-refractivity contribution < 1.29 is 45.4 Å². The van der Waals surface area contributed by atoms with Gasteiger partial charge in [-0.2, -0.15) is 26.3 Å². The van der Waals surface area contributed by atoms with Crippen molar-refractivity contribution in [3.05, 3.63) is 107 Å². The number of halogens is 6. The van der Waals surface area contributed by atoms with E-state index in [1.807, 2.05) is 62.0 Å². The molecule has 0 aromatic carbocycles. The van der Waals surface area contributed by atoms with Crippen molar-refractivity contribution in [2.45, 2.75) is 77.8 Å². The van der Waals surface area contributed by atoms with Crippen molar-refractivity contribution in [2.24, 2.45) is 10.8 Å². The number of amides is 2. The first-order valence-electron chi connectivity index (χ1n) is 20.1. The molecule has 0 spiro atoms. The molecule has 0 radical (unpaired) electrons. The number of hydrogen-bond acceptors (Lipinski definition) is 10. The molecule has 336 valence electrons. The molecule has 2 aliphatic rings. The van der Waals surface area contributed by atoms with Gasteiger partial charge in [0.05, 0.1) is 10.8 Å². The van der Waals surface area contributed by atoms with Gasteiger partial charge in [-0.25, -0.2) is 9.97 Å². The lowest BCUT2D eigenvalue weighted by Gasteiger charge is -2.28. The van der Waals surface area contributed by atoms with E-state index in [0.29, 0.717) is 49.1 Å². The quantitative estimate of drug-likeness (QED) is 0.146. The van der Waals surface area contributed by atoms with E-state index in [1.165, 1.54) is 24.5 Å². The van der Waals surface area contributed by atoms with Crippen molar-refractivity contribution in [1.29, 1.82) is 0 Å². The molecule has 6 rings (SSSR count). The van der Waals surface area contributed by atoms with Crippen LogP contribution in [0, 0.1) is 24.7 Å². The molecule has 12 nitrogen and oxygen atoms in total. The number of hydrogen-bond donors (Lipinski definition) is 2. The lowest BCUT2D eigenvalue weighted by Crippen LogP contribution is -2.48. The van der Waals surface area contributed by atoms with E-state index in [9.17, 15) is 35.9 Å². The molecule has 2 saturated heterocycles. The Bertz CT molecular complexity index is 1980. The zero-order valence-electron chi connectivity index (χ0n) is 36.1. The molecule has 0 aliphatic carbocycles. The van der Waals surface area contributed by atoms with Gasteiger partial charge in [-0.15, -0.1) is 0 Å². The topological polar surface area (TPSA) is 135 Å². The molecule has 0 unspecified atom stereocenters. The van der Waals surface area contributed by atoms with Crippen LogP contribution in [0.4, 0.5) is 26.3 Å². The van der Waals surface area contributed by atoms with Gasteiger partial charge in [0.1, 0.15) is 24.6 Å². The van der Waals surface area contributed by atoms with Crippen molar-refractivity contribution in [3.8, 4) is 11.8 Å². The Morgan fingerprint density at radius 2 is 0.984 bits per heavy atom. The summed E-state index contributed by atoms with van der Waals surface area (Å²) in [6.07, 6.45) is -3.18. The average molecular weight is 873 g/mol. The minimum atomic E-state index is -4.48. The number of aromatic nitrogens is 4. The number of carbonyl (C=O) groups is 2. The van der Waals surface area contributed by atoms with Gasteiger partial charge >= 0.3 is 12.4 Å². The van der Waals surface area contributed by atoms with Crippen LogP contribution in [0.25, 0.3) is 0 Å². The zero-order valence-corrected chi connectivity index (χ0v) is 36.1. The van der Waals surface area contributed by atoms with Gasteiger partial charge < -0.3 is 29.9 Å². The molecule has 4 aromatic heterocycles. The van der Waals surface area contributed by atoms with Crippen molar-refractivity contribution >= 4 is 11.8 Å². The van der Waals surface area contributed by atoms with E-state index in [4.69, 9.17) is 9.47 Å². The zero-order chi connectivity index (χ0) is 45.6. The number of likely N-dealkylation sites (tertiary alicyclic amines) is 2. The summed E-state index contributed by atoms with van der Waals surface area (Å²) < 4.78 is 88.4. The molecular weight excluding hydrogens is 819 g/mol. The summed E-state index contributed by atoms with van der Waals surface area (Å²) in [5.41, 5.74) is -0.404. The third kappa shape index (κ3) is 12.4. The third-order valence-corrected chi connectivity index (χ3v) is 10.9. The summed E-state index contributed by atoms with van der Waals surface area (Å²) in [6.45, 7) is 13.6. The summed E-state index contributed by atoms with van der Waals surface area (Å²) in [5.74, 6) is 0.282. The van der Waals surface area contributed by atoms with E-state index in [-0.39, 0.29) is 48.9 Å². The SMILES string of the molecule is Cc1cccnc1OCC(C)(C)C(=O)N[C@@H]1CN(C)C[C@H]1c1ccc(C(F)(F)F)nc1.Cc1cccnc1OCC(C)(C)C(=O)N[C@H]1CN(C)C[C@@H]1c1ccc(C(F)(F)F)nc1. The smallest absolute Gasteiger partial charge is 0.433 e. The summed E-state index contributed by atoms with van der Waals surface area (Å²) in [7, 11) is 3.82. The molecular formula is C44H54F6N8O4. The number of alkyl halides is 6. The predicted octanol–water partition coefficient (Wildman–Crippen LogP) is 6.85. The fraction of sp³-hybridized carbons (Fsp3) is 0.500. The summed E-state index contributed by atoms with van der Waals surface area (Å²) in [4.78, 5) is 45.6. The number of carbonyl (C=O) groups excluding carboxylic acids is 2. The van der Waals surface area contributed by atoms with Gasteiger partial charge in [0, 0.05) is 86.0 Å². The number of nitrogens with one attached hydrogen (secondary N) is 2. The highest BCUT2D eigenvalue weighted by atomic mass is 19.4. The Labute approximate surface area is 357 Å². The minimum absolute atomic E-state index is 0.145. The Hall–Kier alpha value is -5.36. The van der Waals surface area contributed by atoms with Crippen molar-refractivity contribution in [3.63, 3.8) is 0 Å². The molecule has 18 heteroatoms. The standard InChI is InChI=1S/2C22H27F3N4O2/c2*1-14-6-5-9-26-19(14)31-13-21(2,3)20(30)28-17-12-29(4)11-16(17)15-7-8-18(27-10-15)22(23,24)25/h2*5-10,16-17H,11-13H2,1-4H3,(H,28,30)/t2*16-,17+/m10/s1. The van der Waals surface area contributed by atoms with Gasteiger partial charge in [-0.1, -0.05) is 24.3 Å².